The molecule has 2 bridgehead atoms. The lowest BCUT2D eigenvalue weighted by Crippen LogP contribution is -2.47. The first-order valence-electron chi connectivity index (χ1n) is 12.8. The first-order chi connectivity index (χ1) is 17.6. The molecule has 2 aromatic heterocycles. The third-order valence-corrected chi connectivity index (χ3v) is 7.51. The van der Waals surface area contributed by atoms with E-state index in [0.29, 0.717) is 54.7 Å². The van der Waals surface area contributed by atoms with E-state index in [-0.39, 0.29) is 0 Å². The summed E-state index contributed by atoms with van der Waals surface area (Å²) in [6.45, 7) is 5.01. The number of nitriles is 1. The number of aryl methyl sites for hydroxylation is 1. The lowest BCUT2D eigenvalue weighted by molar-refractivity contribution is -0.0508. The van der Waals surface area contributed by atoms with Crippen molar-refractivity contribution < 1.29 is 9.47 Å². The van der Waals surface area contributed by atoms with Gasteiger partial charge in [-0.3, -0.25) is 10.00 Å². The molecule has 3 fully saturated rings. The minimum Gasteiger partial charge on any atom is -0.493 e. The molecule has 36 heavy (non-hydrogen) atoms. The van der Waals surface area contributed by atoms with Crippen LogP contribution in [0.2, 0.25) is 0 Å². The molecule has 0 radical (unpaired) electrons. The second-order valence-corrected chi connectivity index (χ2v) is 10.2. The summed E-state index contributed by atoms with van der Waals surface area (Å²) in [7, 11) is 0. The van der Waals surface area contributed by atoms with Crippen molar-refractivity contribution in [3.05, 3.63) is 30.0 Å². The van der Waals surface area contributed by atoms with E-state index in [2.05, 4.69) is 31.8 Å². The van der Waals surface area contributed by atoms with Crippen LogP contribution in [0.3, 0.4) is 0 Å². The molecular formula is C26H32N8O2. The van der Waals surface area contributed by atoms with Crippen molar-refractivity contribution in [2.45, 2.75) is 57.2 Å². The van der Waals surface area contributed by atoms with Gasteiger partial charge in [0.1, 0.15) is 11.6 Å². The van der Waals surface area contributed by atoms with E-state index in [1.807, 2.05) is 31.2 Å². The molecule has 6 rings (SSSR count). The van der Waals surface area contributed by atoms with E-state index in [4.69, 9.17) is 24.7 Å². The number of ether oxygens (including phenoxy) is 2. The van der Waals surface area contributed by atoms with Crippen LogP contribution in [-0.4, -0.2) is 69.6 Å². The predicted molar refractivity (Wildman–Crippen MR) is 136 cm³/mol. The van der Waals surface area contributed by atoms with Gasteiger partial charge in [-0.05, 0) is 44.7 Å². The number of H-pyrrole nitrogens is 1. The van der Waals surface area contributed by atoms with Gasteiger partial charge >= 0.3 is 0 Å². The molecule has 0 amide bonds. The average Bonchev–Trinajstić information content (AvgIpc) is 3.35. The molecule has 10 nitrogen and oxygen atoms in total. The molecule has 0 spiro atoms. The van der Waals surface area contributed by atoms with Crippen LogP contribution in [0.5, 0.6) is 5.75 Å². The average molecular weight is 489 g/mol. The predicted octanol–water partition coefficient (Wildman–Crippen LogP) is 3.75. The van der Waals surface area contributed by atoms with E-state index in [1.165, 1.54) is 12.8 Å². The van der Waals surface area contributed by atoms with Gasteiger partial charge in [-0.15, -0.1) is 0 Å². The Kier molecular flexibility index (Phi) is 6.34. The molecule has 5 heterocycles. The second-order valence-electron chi connectivity index (χ2n) is 10.2. The fourth-order valence-corrected chi connectivity index (χ4v) is 5.68. The standard InChI is InChI=1S/C26H32N8O2/c1-16-9-24(33-32-16)30-25-22-6-5-21(36-15-17-13-35-14-17)12-23(22)29-26(31-25)28-18-10-19-3-4-20(11-18)34(19)8-2-7-27/h5-6,9,12,17-20H,2-4,8,10-11,13-15H2,1H3,(H3,28,29,30,31,32,33)/t18?,19-,20+. The number of fused-ring (bicyclic) bond motifs is 3. The summed E-state index contributed by atoms with van der Waals surface area (Å²) in [6.07, 6.45) is 5.07. The summed E-state index contributed by atoms with van der Waals surface area (Å²) in [4.78, 5) is 12.3. The Morgan fingerprint density at radius 2 is 2.03 bits per heavy atom. The Bertz CT molecular complexity index is 1250. The molecule has 0 saturated carbocycles. The zero-order chi connectivity index (χ0) is 24.5. The lowest BCUT2D eigenvalue weighted by atomic mass is 9.97. The number of anilines is 3. The molecule has 3 saturated heterocycles. The van der Waals surface area contributed by atoms with Crippen molar-refractivity contribution in [3.63, 3.8) is 0 Å². The van der Waals surface area contributed by atoms with Gasteiger partial charge in [0, 0.05) is 60.2 Å². The highest BCUT2D eigenvalue weighted by atomic mass is 16.5. The van der Waals surface area contributed by atoms with E-state index < -0.39 is 0 Å². The van der Waals surface area contributed by atoms with Crippen LogP contribution < -0.4 is 15.4 Å². The van der Waals surface area contributed by atoms with Gasteiger partial charge in [-0.25, -0.2) is 4.98 Å². The van der Waals surface area contributed by atoms with Crippen molar-refractivity contribution in [3.8, 4) is 11.8 Å². The van der Waals surface area contributed by atoms with Crippen LogP contribution in [0.1, 0.15) is 37.8 Å². The zero-order valence-electron chi connectivity index (χ0n) is 20.5. The van der Waals surface area contributed by atoms with Crippen molar-refractivity contribution in [2.24, 2.45) is 5.92 Å². The number of nitrogens with one attached hydrogen (secondary N) is 3. The Labute approximate surface area is 210 Å². The van der Waals surface area contributed by atoms with Crippen LogP contribution in [0.25, 0.3) is 10.9 Å². The summed E-state index contributed by atoms with van der Waals surface area (Å²) in [5.74, 6) is 3.29. The maximum Gasteiger partial charge on any atom is 0.225 e. The van der Waals surface area contributed by atoms with E-state index in [0.717, 1.165) is 54.9 Å². The summed E-state index contributed by atoms with van der Waals surface area (Å²) in [6, 6.07) is 11.5. The number of rotatable bonds is 9. The lowest BCUT2D eigenvalue weighted by Gasteiger charge is -2.38. The topological polar surface area (TPSA) is 124 Å². The van der Waals surface area contributed by atoms with Crippen molar-refractivity contribution in [2.75, 3.05) is 37.0 Å². The molecule has 1 unspecified atom stereocenters. The van der Waals surface area contributed by atoms with Crippen LogP contribution in [0.15, 0.2) is 24.3 Å². The molecule has 188 valence electrons. The largest absolute Gasteiger partial charge is 0.493 e. The number of benzene rings is 1. The highest BCUT2D eigenvalue weighted by Gasteiger charge is 2.40. The molecule has 3 aliphatic heterocycles. The van der Waals surface area contributed by atoms with Gasteiger partial charge in [0.05, 0.1) is 31.4 Å². The third-order valence-electron chi connectivity index (χ3n) is 7.51. The zero-order valence-corrected chi connectivity index (χ0v) is 20.5. The number of aromatic nitrogens is 4. The molecule has 0 aliphatic carbocycles. The first-order valence-corrected chi connectivity index (χ1v) is 12.8. The maximum atomic E-state index is 9.02. The van der Waals surface area contributed by atoms with Crippen molar-refractivity contribution in [1.82, 2.24) is 25.1 Å². The Balaban J connectivity index is 1.24. The number of nitrogens with zero attached hydrogens (tertiary/aromatic N) is 5. The Morgan fingerprint density at radius 3 is 2.72 bits per heavy atom. The highest BCUT2D eigenvalue weighted by Crippen LogP contribution is 2.37. The fourth-order valence-electron chi connectivity index (χ4n) is 5.68. The Morgan fingerprint density at radius 1 is 1.19 bits per heavy atom. The van der Waals surface area contributed by atoms with Gasteiger partial charge in [-0.2, -0.15) is 15.3 Å². The van der Waals surface area contributed by atoms with Gasteiger partial charge in [0.15, 0.2) is 5.82 Å². The molecule has 3 aliphatic rings. The molecule has 3 atom stereocenters. The monoisotopic (exact) mass is 488 g/mol. The SMILES string of the molecule is Cc1cc(Nc2nc(NC3C[C@H]4CC[C@@H](C3)N4CCC#N)nc3cc(OCC4COC4)ccc23)n[nH]1. The first kappa shape index (κ1) is 23.0. The Hall–Kier alpha value is -3.42. The van der Waals surface area contributed by atoms with Crippen LogP contribution in [0, 0.1) is 24.2 Å². The second kappa shape index (κ2) is 9.91. The van der Waals surface area contributed by atoms with Gasteiger partial charge in [0.2, 0.25) is 5.95 Å². The highest BCUT2D eigenvalue weighted by molar-refractivity contribution is 5.92. The smallest absolute Gasteiger partial charge is 0.225 e. The summed E-state index contributed by atoms with van der Waals surface area (Å²) in [5.41, 5.74) is 1.79. The van der Waals surface area contributed by atoms with E-state index >= 15 is 0 Å². The molecule has 3 aromatic rings. The fraction of sp³-hybridized carbons (Fsp3) is 0.538. The van der Waals surface area contributed by atoms with Crippen LogP contribution in [-0.2, 0) is 4.74 Å². The van der Waals surface area contributed by atoms with Crippen LogP contribution in [0.4, 0.5) is 17.6 Å². The minimum absolute atomic E-state index is 0.303. The third kappa shape index (κ3) is 4.81. The maximum absolute atomic E-state index is 9.02. The van der Waals surface area contributed by atoms with Crippen molar-refractivity contribution >= 4 is 28.5 Å². The molecular weight excluding hydrogens is 456 g/mol. The van der Waals surface area contributed by atoms with Gasteiger partial charge in [0.25, 0.3) is 0 Å². The van der Waals surface area contributed by atoms with Gasteiger partial charge < -0.3 is 20.1 Å². The molecule has 1 aromatic carbocycles. The molecule has 3 N–H and O–H groups in total. The summed E-state index contributed by atoms with van der Waals surface area (Å²) < 4.78 is 11.3. The number of aromatic amines is 1. The molecule has 10 heteroatoms. The summed E-state index contributed by atoms with van der Waals surface area (Å²) in [5, 5.41) is 24.2. The summed E-state index contributed by atoms with van der Waals surface area (Å²) >= 11 is 0. The van der Waals surface area contributed by atoms with Crippen molar-refractivity contribution in [1.29, 1.82) is 5.26 Å². The van der Waals surface area contributed by atoms with E-state index in [9.17, 15) is 0 Å². The number of hydrogen-bond donors (Lipinski definition) is 3. The van der Waals surface area contributed by atoms with Gasteiger partial charge in [-0.1, -0.05) is 0 Å². The normalized spacial score (nSPS) is 23.8. The van der Waals surface area contributed by atoms with Crippen LogP contribution >= 0.6 is 0 Å². The number of piperidine rings is 1. The number of hydrogen-bond acceptors (Lipinski definition) is 9. The minimum atomic E-state index is 0.303. The quantitative estimate of drug-likeness (QED) is 0.413. The van der Waals surface area contributed by atoms with E-state index in [1.54, 1.807) is 0 Å².